The first-order valence-electron chi connectivity index (χ1n) is 14.1. The number of nitrogens with one attached hydrogen (secondary N) is 3. The first-order chi connectivity index (χ1) is 20.2. The summed E-state index contributed by atoms with van der Waals surface area (Å²) in [7, 11) is -0.242. The van der Waals surface area contributed by atoms with Crippen LogP contribution in [0.4, 0.5) is 11.4 Å². The summed E-state index contributed by atoms with van der Waals surface area (Å²) in [6, 6.07) is 19.6. The Bertz CT molecular complexity index is 1430. The van der Waals surface area contributed by atoms with Gasteiger partial charge in [-0.2, -0.15) is 0 Å². The van der Waals surface area contributed by atoms with Crippen molar-refractivity contribution in [1.82, 2.24) is 10.6 Å². The number of aliphatic hydroxyl groups excluding tert-OH is 1. The number of anilines is 2. The molecule has 1 fully saturated rings. The molecular formula is C31H40N4O6S. The molecule has 42 heavy (non-hydrogen) atoms. The Kier molecular flexibility index (Phi) is 10.7. The number of hydrogen-bond donors (Lipinski definition) is 4. The van der Waals surface area contributed by atoms with Crippen LogP contribution in [0.2, 0.25) is 0 Å². The first-order valence-corrected chi connectivity index (χ1v) is 15.7. The maximum Gasteiger partial charge on any atom is 0.251 e. The predicted molar refractivity (Wildman–Crippen MR) is 165 cm³/mol. The monoisotopic (exact) mass is 596 g/mol. The van der Waals surface area contributed by atoms with Gasteiger partial charge in [-0.1, -0.05) is 30.3 Å². The normalized spacial score (nSPS) is 15.6. The van der Waals surface area contributed by atoms with E-state index in [1.165, 1.54) is 4.31 Å². The van der Waals surface area contributed by atoms with E-state index in [2.05, 4.69) is 16.0 Å². The predicted octanol–water partition coefficient (Wildman–Crippen LogP) is 3.17. The summed E-state index contributed by atoms with van der Waals surface area (Å²) in [5, 5.41) is 20.7. The number of carbonyl (C=O) groups excluding carboxylic acids is 1. The number of benzene rings is 3. The van der Waals surface area contributed by atoms with Gasteiger partial charge in [0.2, 0.25) is 10.0 Å². The van der Waals surface area contributed by atoms with Crippen molar-refractivity contribution in [2.75, 3.05) is 49.2 Å². The molecule has 2 atom stereocenters. The summed E-state index contributed by atoms with van der Waals surface area (Å²) in [5.74, 6) is 1.02. The zero-order valence-corrected chi connectivity index (χ0v) is 25.1. The summed E-state index contributed by atoms with van der Waals surface area (Å²) >= 11 is 0. The van der Waals surface area contributed by atoms with Crippen LogP contribution < -0.4 is 29.7 Å². The number of ether oxygens (including phenoxy) is 2. The molecule has 0 aromatic heterocycles. The Morgan fingerprint density at radius 2 is 1.71 bits per heavy atom. The van der Waals surface area contributed by atoms with E-state index in [4.69, 9.17) is 9.47 Å². The van der Waals surface area contributed by atoms with Crippen LogP contribution in [-0.4, -0.2) is 71.2 Å². The van der Waals surface area contributed by atoms with Crippen LogP contribution in [-0.2, 0) is 23.0 Å². The Balaban J connectivity index is 1.52. The lowest BCUT2D eigenvalue weighted by Crippen LogP contribution is -2.48. The van der Waals surface area contributed by atoms with Gasteiger partial charge in [-0.25, -0.2) is 8.42 Å². The van der Waals surface area contributed by atoms with E-state index < -0.39 is 28.1 Å². The average molecular weight is 597 g/mol. The number of methoxy groups -OCH3 is 2. The van der Waals surface area contributed by atoms with Gasteiger partial charge in [-0.3, -0.25) is 9.10 Å². The molecule has 10 nitrogen and oxygen atoms in total. The van der Waals surface area contributed by atoms with Crippen molar-refractivity contribution in [2.45, 2.75) is 38.5 Å². The Morgan fingerprint density at radius 3 is 2.33 bits per heavy atom. The minimum atomic E-state index is -3.42. The molecule has 3 aromatic carbocycles. The second-order valence-corrected chi connectivity index (χ2v) is 12.2. The molecule has 4 N–H and O–H groups in total. The maximum absolute atomic E-state index is 13.6. The number of rotatable bonds is 14. The fourth-order valence-electron chi connectivity index (χ4n) is 5.00. The van der Waals surface area contributed by atoms with Crippen molar-refractivity contribution in [2.24, 2.45) is 0 Å². The zero-order chi connectivity index (χ0) is 30.1. The van der Waals surface area contributed by atoms with Gasteiger partial charge < -0.3 is 30.5 Å². The minimum Gasteiger partial charge on any atom is -0.497 e. The van der Waals surface area contributed by atoms with Gasteiger partial charge in [-0.05, 0) is 61.2 Å². The van der Waals surface area contributed by atoms with Crippen molar-refractivity contribution in [3.05, 3.63) is 83.4 Å². The quantitative estimate of drug-likeness (QED) is 0.223. The van der Waals surface area contributed by atoms with Crippen molar-refractivity contribution < 1.29 is 27.8 Å². The SMILES string of the molecule is CCNc1cc(C(=O)N[C@@H](Cc2ccccc2)[C@H](O)CNCc2cc(OC)cc(OC)c2)cc(N2CCCS2(=O)=O)c1. The van der Waals surface area contributed by atoms with Gasteiger partial charge in [0.25, 0.3) is 5.91 Å². The summed E-state index contributed by atoms with van der Waals surface area (Å²) in [5.41, 5.74) is 3.30. The molecule has 1 amide bonds. The van der Waals surface area contributed by atoms with E-state index in [1.807, 2.05) is 49.4 Å². The standard InChI is InChI=1S/C31H40N4O6S/c1-4-33-25-16-24(17-26(18-25)35-11-8-12-42(35,38)39)31(37)34-29(15-22-9-6-5-7-10-22)30(36)21-32-20-23-13-27(40-2)19-28(14-23)41-3/h5-7,9-10,13-14,16-19,29-30,32-33,36H,4,8,11-12,15,20-21H2,1-3H3,(H,34,37)/t29-,30+/m0/s1. The molecule has 1 saturated heterocycles. The lowest BCUT2D eigenvalue weighted by atomic mass is 10.00. The summed E-state index contributed by atoms with van der Waals surface area (Å²) in [4.78, 5) is 13.6. The van der Waals surface area contributed by atoms with Gasteiger partial charge in [0, 0.05) is 43.5 Å². The van der Waals surface area contributed by atoms with Crippen LogP contribution in [0.15, 0.2) is 66.7 Å². The van der Waals surface area contributed by atoms with Gasteiger partial charge >= 0.3 is 0 Å². The van der Waals surface area contributed by atoms with E-state index in [0.29, 0.717) is 60.9 Å². The number of hydrogen-bond acceptors (Lipinski definition) is 8. The summed E-state index contributed by atoms with van der Waals surface area (Å²) in [6.07, 6.45) is 0.0239. The molecule has 0 aliphatic carbocycles. The number of aliphatic hydroxyl groups is 1. The summed E-state index contributed by atoms with van der Waals surface area (Å²) in [6.45, 7) is 3.58. The van der Waals surface area contributed by atoms with E-state index in [9.17, 15) is 18.3 Å². The number of nitrogens with zero attached hydrogens (tertiary/aromatic N) is 1. The molecule has 0 saturated carbocycles. The fourth-order valence-corrected chi connectivity index (χ4v) is 6.55. The van der Waals surface area contributed by atoms with E-state index in [1.54, 1.807) is 38.5 Å². The molecule has 226 valence electrons. The lowest BCUT2D eigenvalue weighted by Gasteiger charge is -2.26. The van der Waals surface area contributed by atoms with Gasteiger partial charge in [0.05, 0.1) is 37.8 Å². The third-order valence-electron chi connectivity index (χ3n) is 7.12. The summed E-state index contributed by atoms with van der Waals surface area (Å²) < 4.78 is 37.3. The molecule has 0 bridgehead atoms. The maximum atomic E-state index is 13.6. The highest BCUT2D eigenvalue weighted by molar-refractivity contribution is 7.93. The molecule has 4 rings (SSSR count). The third kappa shape index (κ3) is 8.15. The molecule has 0 radical (unpaired) electrons. The number of amides is 1. The van der Waals surface area contributed by atoms with Crippen LogP contribution in [0.1, 0.15) is 34.8 Å². The Morgan fingerprint density at radius 1 is 1.00 bits per heavy atom. The molecule has 0 spiro atoms. The van der Waals surface area contributed by atoms with Crippen LogP contribution in [0.25, 0.3) is 0 Å². The topological polar surface area (TPSA) is 129 Å². The largest absolute Gasteiger partial charge is 0.497 e. The Hall–Kier alpha value is -3.80. The zero-order valence-electron chi connectivity index (χ0n) is 24.3. The van der Waals surface area contributed by atoms with Crippen molar-refractivity contribution in [3.63, 3.8) is 0 Å². The number of sulfonamides is 1. The van der Waals surface area contributed by atoms with Gasteiger partial charge in [-0.15, -0.1) is 0 Å². The second-order valence-electron chi connectivity index (χ2n) is 10.2. The molecule has 1 heterocycles. The molecule has 11 heteroatoms. The van der Waals surface area contributed by atoms with Crippen molar-refractivity contribution in [1.29, 1.82) is 0 Å². The molecular weight excluding hydrogens is 556 g/mol. The van der Waals surface area contributed by atoms with Gasteiger partial charge in [0.15, 0.2) is 0 Å². The van der Waals surface area contributed by atoms with Crippen LogP contribution >= 0.6 is 0 Å². The van der Waals surface area contributed by atoms with Gasteiger partial charge in [0.1, 0.15) is 11.5 Å². The third-order valence-corrected chi connectivity index (χ3v) is 8.99. The Labute approximate surface area is 248 Å². The number of carbonyl (C=O) groups is 1. The molecule has 1 aliphatic heterocycles. The average Bonchev–Trinajstić information content (AvgIpc) is 3.35. The van der Waals surface area contributed by atoms with E-state index in [0.717, 1.165) is 11.1 Å². The van der Waals surface area contributed by atoms with Crippen molar-refractivity contribution in [3.8, 4) is 11.5 Å². The van der Waals surface area contributed by atoms with Crippen LogP contribution in [0.5, 0.6) is 11.5 Å². The lowest BCUT2D eigenvalue weighted by molar-refractivity contribution is 0.0830. The van der Waals surface area contributed by atoms with Crippen LogP contribution in [0.3, 0.4) is 0 Å². The van der Waals surface area contributed by atoms with Crippen LogP contribution in [0, 0.1) is 0 Å². The first kappa shape index (κ1) is 31.1. The molecule has 1 aliphatic rings. The van der Waals surface area contributed by atoms with Crippen molar-refractivity contribution >= 4 is 27.3 Å². The highest BCUT2D eigenvalue weighted by atomic mass is 32.2. The van der Waals surface area contributed by atoms with E-state index >= 15 is 0 Å². The highest BCUT2D eigenvalue weighted by Gasteiger charge is 2.30. The van der Waals surface area contributed by atoms with E-state index in [-0.39, 0.29) is 12.3 Å². The smallest absolute Gasteiger partial charge is 0.251 e. The second kappa shape index (κ2) is 14.4. The minimum absolute atomic E-state index is 0.0842. The molecule has 3 aromatic rings. The fraction of sp³-hybridized carbons (Fsp3) is 0.387. The highest BCUT2D eigenvalue weighted by Crippen LogP contribution is 2.29. The molecule has 0 unspecified atom stereocenters.